The minimum absolute atomic E-state index is 0.0283. The second-order valence-electron chi connectivity index (χ2n) is 6.40. The normalized spacial score (nSPS) is 10.7. The highest BCUT2D eigenvalue weighted by Gasteiger charge is 2.19. The van der Waals surface area contributed by atoms with Crippen LogP contribution in [0, 0.1) is 6.92 Å². The van der Waals surface area contributed by atoms with Crippen molar-refractivity contribution in [3.05, 3.63) is 108 Å². The minimum Gasteiger partial charge on any atom is -0.354 e. The SMILES string of the molecule is Cc1cccc(-c2[nH]c(-c3ccccc3)cc2C(=O)c2ccccc2)c1. The topological polar surface area (TPSA) is 32.9 Å². The highest BCUT2D eigenvalue weighted by atomic mass is 16.1. The predicted molar refractivity (Wildman–Crippen MR) is 106 cm³/mol. The Hall–Kier alpha value is -3.39. The molecule has 4 rings (SSSR count). The van der Waals surface area contributed by atoms with Crippen molar-refractivity contribution in [3.63, 3.8) is 0 Å². The van der Waals surface area contributed by atoms with Gasteiger partial charge in [-0.05, 0) is 30.2 Å². The first-order chi connectivity index (χ1) is 12.7. The first-order valence-corrected chi connectivity index (χ1v) is 8.67. The molecule has 0 aliphatic rings. The van der Waals surface area contributed by atoms with Gasteiger partial charge in [-0.15, -0.1) is 0 Å². The third kappa shape index (κ3) is 3.09. The van der Waals surface area contributed by atoms with E-state index in [0.29, 0.717) is 11.1 Å². The lowest BCUT2D eigenvalue weighted by Gasteiger charge is -2.05. The van der Waals surface area contributed by atoms with Crippen molar-refractivity contribution in [2.75, 3.05) is 0 Å². The van der Waals surface area contributed by atoms with Crippen molar-refractivity contribution >= 4 is 5.78 Å². The van der Waals surface area contributed by atoms with Crippen LogP contribution in [0.5, 0.6) is 0 Å². The Morgan fingerprint density at radius 2 is 1.38 bits per heavy atom. The van der Waals surface area contributed by atoms with Crippen LogP contribution in [0.15, 0.2) is 91.0 Å². The number of hydrogen-bond donors (Lipinski definition) is 1. The zero-order valence-corrected chi connectivity index (χ0v) is 14.6. The second-order valence-corrected chi connectivity index (χ2v) is 6.40. The van der Waals surface area contributed by atoms with Gasteiger partial charge >= 0.3 is 0 Å². The van der Waals surface area contributed by atoms with E-state index in [0.717, 1.165) is 28.1 Å². The first-order valence-electron chi connectivity index (χ1n) is 8.67. The highest BCUT2D eigenvalue weighted by Crippen LogP contribution is 2.31. The quantitative estimate of drug-likeness (QED) is 0.463. The van der Waals surface area contributed by atoms with Gasteiger partial charge in [-0.2, -0.15) is 0 Å². The first kappa shape index (κ1) is 16.1. The van der Waals surface area contributed by atoms with E-state index in [1.165, 1.54) is 0 Å². The molecule has 0 bridgehead atoms. The molecule has 0 saturated heterocycles. The maximum absolute atomic E-state index is 13.2. The van der Waals surface area contributed by atoms with Crippen LogP contribution in [0.1, 0.15) is 21.5 Å². The predicted octanol–water partition coefficient (Wildman–Crippen LogP) is 5.89. The monoisotopic (exact) mass is 337 g/mol. The van der Waals surface area contributed by atoms with Crippen LogP contribution >= 0.6 is 0 Å². The second kappa shape index (κ2) is 6.85. The Balaban J connectivity index is 1.88. The lowest BCUT2D eigenvalue weighted by molar-refractivity contribution is 0.103. The molecule has 2 nitrogen and oxygen atoms in total. The summed E-state index contributed by atoms with van der Waals surface area (Å²) in [5.74, 6) is 0.0283. The van der Waals surface area contributed by atoms with Gasteiger partial charge in [-0.3, -0.25) is 4.79 Å². The number of nitrogens with one attached hydrogen (secondary N) is 1. The van der Waals surface area contributed by atoms with Crippen molar-refractivity contribution in [1.29, 1.82) is 0 Å². The molecule has 26 heavy (non-hydrogen) atoms. The van der Waals surface area contributed by atoms with E-state index >= 15 is 0 Å². The summed E-state index contributed by atoms with van der Waals surface area (Å²) in [6, 6.07) is 29.7. The molecule has 3 aromatic carbocycles. The smallest absolute Gasteiger partial charge is 0.195 e. The molecular formula is C24H19NO. The summed E-state index contributed by atoms with van der Waals surface area (Å²) in [6.45, 7) is 2.06. The average molecular weight is 337 g/mol. The number of carbonyl (C=O) groups excluding carboxylic acids is 1. The van der Waals surface area contributed by atoms with Gasteiger partial charge in [0.05, 0.1) is 5.69 Å². The maximum Gasteiger partial charge on any atom is 0.195 e. The molecule has 0 atom stereocenters. The zero-order chi connectivity index (χ0) is 17.9. The number of aryl methyl sites for hydroxylation is 1. The van der Waals surface area contributed by atoms with E-state index in [1.54, 1.807) is 0 Å². The third-order valence-corrected chi connectivity index (χ3v) is 4.49. The molecule has 4 aromatic rings. The van der Waals surface area contributed by atoms with Crippen LogP contribution in [-0.2, 0) is 0 Å². The van der Waals surface area contributed by atoms with Crippen molar-refractivity contribution in [2.45, 2.75) is 6.92 Å². The number of rotatable bonds is 4. The van der Waals surface area contributed by atoms with Gasteiger partial charge in [0.2, 0.25) is 0 Å². The van der Waals surface area contributed by atoms with Crippen molar-refractivity contribution in [3.8, 4) is 22.5 Å². The minimum atomic E-state index is 0.0283. The summed E-state index contributed by atoms with van der Waals surface area (Å²) in [4.78, 5) is 16.6. The summed E-state index contributed by atoms with van der Waals surface area (Å²) in [5.41, 5.74) is 6.44. The molecule has 0 saturated carbocycles. The molecule has 1 aromatic heterocycles. The van der Waals surface area contributed by atoms with E-state index in [9.17, 15) is 4.79 Å². The van der Waals surface area contributed by atoms with Crippen molar-refractivity contribution in [2.24, 2.45) is 0 Å². The van der Waals surface area contributed by atoms with Gasteiger partial charge in [-0.1, -0.05) is 84.4 Å². The number of hydrogen-bond acceptors (Lipinski definition) is 1. The highest BCUT2D eigenvalue weighted by molar-refractivity contribution is 6.13. The summed E-state index contributed by atoms with van der Waals surface area (Å²) < 4.78 is 0. The van der Waals surface area contributed by atoms with Gasteiger partial charge in [0.25, 0.3) is 0 Å². The molecule has 1 heterocycles. The van der Waals surface area contributed by atoms with Gasteiger partial charge in [0.15, 0.2) is 5.78 Å². The molecule has 0 aliphatic heterocycles. The number of carbonyl (C=O) groups is 1. The number of H-pyrrole nitrogens is 1. The van der Waals surface area contributed by atoms with Crippen molar-refractivity contribution in [1.82, 2.24) is 4.98 Å². The standard InChI is InChI=1S/C24H19NO/c1-17-9-8-14-20(15-17)23-21(24(26)19-12-6-3-7-13-19)16-22(25-23)18-10-4-2-5-11-18/h2-16,25H,1H3. The maximum atomic E-state index is 13.2. The van der Waals surface area contributed by atoms with Crippen LogP contribution in [0.3, 0.4) is 0 Å². The molecule has 2 heteroatoms. The molecule has 0 fully saturated rings. The lowest BCUT2D eigenvalue weighted by atomic mass is 9.99. The van der Waals surface area contributed by atoms with Gasteiger partial charge in [0, 0.05) is 16.8 Å². The molecule has 1 N–H and O–H groups in total. The zero-order valence-electron chi connectivity index (χ0n) is 14.6. The summed E-state index contributed by atoms with van der Waals surface area (Å²) >= 11 is 0. The summed E-state index contributed by atoms with van der Waals surface area (Å²) in [5, 5.41) is 0. The van der Waals surface area contributed by atoms with E-state index in [4.69, 9.17) is 0 Å². The molecule has 0 radical (unpaired) electrons. The summed E-state index contributed by atoms with van der Waals surface area (Å²) in [7, 11) is 0. The van der Waals surface area contributed by atoms with Crippen LogP contribution in [0.4, 0.5) is 0 Å². The molecule has 0 unspecified atom stereocenters. The molecule has 0 spiro atoms. The van der Waals surface area contributed by atoms with Gasteiger partial charge in [0.1, 0.15) is 0 Å². The Labute approximate surface area is 153 Å². The van der Waals surface area contributed by atoms with E-state index in [2.05, 4.69) is 24.0 Å². The molecule has 0 amide bonds. The van der Waals surface area contributed by atoms with Crippen molar-refractivity contribution < 1.29 is 4.79 Å². The number of benzene rings is 3. The van der Waals surface area contributed by atoms with Gasteiger partial charge in [-0.25, -0.2) is 0 Å². The number of aromatic amines is 1. The van der Waals surface area contributed by atoms with E-state index in [1.807, 2.05) is 78.9 Å². The fraction of sp³-hybridized carbons (Fsp3) is 0.0417. The molecular weight excluding hydrogens is 318 g/mol. The third-order valence-electron chi connectivity index (χ3n) is 4.49. The van der Waals surface area contributed by atoms with Crippen LogP contribution in [-0.4, -0.2) is 10.8 Å². The Morgan fingerprint density at radius 1 is 0.731 bits per heavy atom. The largest absolute Gasteiger partial charge is 0.354 e. The van der Waals surface area contributed by atoms with Gasteiger partial charge < -0.3 is 4.98 Å². The molecule has 126 valence electrons. The van der Waals surface area contributed by atoms with Crippen LogP contribution in [0.25, 0.3) is 22.5 Å². The Kier molecular flexibility index (Phi) is 4.24. The van der Waals surface area contributed by atoms with E-state index < -0.39 is 0 Å². The van der Waals surface area contributed by atoms with Crippen LogP contribution < -0.4 is 0 Å². The fourth-order valence-corrected chi connectivity index (χ4v) is 3.18. The van der Waals surface area contributed by atoms with E-state index in [-0.39, 0.29) is 5.78 Å². The number of ketones is 1. The fourth-order valence-electron chi connectivity index (χ4n) is 3.18. The lowest BCUT2D eigenvalue weighted by Crippen LogP contribution is -2.01. The van der Waals surface area contributed by atoms with Crippen LogP contribution in [0.2, 0.25) is 0 Å². The Bertz CT molecular complexity index is 1050. The Morgan fingerprint density at radius 3 is 2.08 bits per heavy atom. The average Bonchev–Trinajstić information content (AvgIpc) is 3.14. The number of aromatic nitrogens is 1. The summed E-state index contributed by atoms with van der Waals surface area (Å²) in [6.07, 6.45) is 0. The molecule has 0 aliphatic carbocycles.